The molecule has 0 saturated carbocycles. The van der Waals surface area contributed by atoms with Crippen LogP contribution in [0.25, 0.3) is 0 Å². The normalized spacial score (nSPS) is 20.1. The molecule has 1 aliphatic rings. The molecule has 0 aromatic rings. The first-order chi connectivity index (χ1) is 9.31. The summed E-state index contributed by atoms with van der Waals surface area (Å²) in [4.78, 5) is 11.9. The van der Waals surface area contributed by atoms with E-state index in [1.54, 1.807) is 20.8 Å². The van der Waals surface area contributed by atoms with Crippen LogP contribution in [0.2, 0.25) is 0 Å². The molecule has 0 saturated heterocycles. The van der Waals surface area contributed by atoms with Crippen LogP contribution in [0.3, 0.4) is 0 Å². The van der Waals surface area contributed by atoms with Crippen LogP contribution in [-0.2, 0) is 14.3 Å². The number of hydrogen-bond donors (Lipinski definition) is 1. The van der Waals surface area contributed by atoms with Crippen molar-refractivity contribution in [3.05, 3.63) is 23.0 Å². The number of carbonyl (C=O) groups excluding carboxylic acids is 1. The van der Waals surface area contributed by atoms with E-state index < -0.39 is 5.60 Å². The summed E-state index contributed by atoms with van der Waals surface area (Å²) in [5.41, 5.74) is 0.919. The zero-order chi connectivity index (χ0) is 15.3. The molecule has 0 bridgehead atoms. The molecule has 0 spiro atoms. The van der Waals surface area contributed by atoms with Gasteiger partial charge >= 0.3 is 5.97 Å². The van der Waals surface area contributed by atoms with Crippen molar-refractivity contribution in [2.45, 2.75) is 46.6 Å². The molecule has 1 atom stereocenters. The van der Waals surface area contributed by atoms with Gasteiger partial charge in [-0.25, -0.2) is 4.79 Å². The molecule has 0 aromatic carbocycles. The van der Waals surface area contributed by atoms with Crippen molar-refractivity contribution < 1.29 is 19.5 Å². The van der Waals surface area contributed by atoms with Crippen molar-refractivity contribution >= 4 is 12.2 Å². The first kappa shape index (κ1) is 16.3. The predicted octanol–water partition coefficient (Wildman–Crippen LogP) is 3.04. The van der Waals surface area contributed by atoms with E-state index in [1.807, 2.05) is 19.9 Å². The summed E-state index contributed by atoms with van der Waals surface area (Å²) >= 11 is 0. The Morgan fingerprint density at radius 2 is 2.20 bits per heavy atom. The van der Waals surface area contributed by atoms with Crippen LogP contribution in [0.1, 0.15) is 41.0 Å². The van der Waals surface area contributed by atoms with Crippen molar-refractivity contribution in [2.75, 3.05) is 6.61 Å². The fourth-order valence-corrected chi connectivity index (χ4v) is 2.19. The number of carbonyl (C=O) groups is 1. The van der Waals surface area contributed by atoms with E-state index in [2.05, 4.69) is 5.16 Å². The highest BCUT2D eigenvalue weighted by Crippen LogP contribution is 2.32. The van der Waals surface area contributed by atoms with Crippen LogP contribution in [0.4, 0.5) is 0 Å². The van der Waals surface area contributed by atoms with Gasteiger partial charge in [0.2, 0.25) is 0 Å². The minimum atomic E-state index is -1.03. The standard InChI is InChI=1S/C15H23NO4/c1-6-19-14(17)15(4,5)20-13-10(2)7-12(9-16-18)8-11(13)3/h7,9,12,18H,6,8H2,1-5H3/b16-9+. The largest absolute Gasteiger partial charge is 0.476 e. The van der Waals surface area contributed by atoms with Gasteiger partial charge < -0.3 is 14.7 Å². The molecule has 112 valence electrons. The van der Waals surface area contributed by atoms with Crippen LogP contribution >= 0.6 is 0 Å². The summed E-state index contributed by atoms with van der Waals surface area (Å²) in [6, 6.07) is 0. The second-order valence-electron chi connectivity index (χ2n) is 5.42. The summed E-state index contributed by atoms with van der Waals surface area (Å²) in [7, 11) is 0. The van der Waals surface area contributed by atoms with Crippen molar-refractivity contribution in [1.82, 2.24) is 0 Å². The van der Waals surface area contributed by atoms with Gasteiger partial charge in [0.1, 0.15) is 5.76 Å². The SMILES string of the molecule is CCOC(=O)C(C)(C)OC1=C(C)CC(/C=N/O)C=C1C. The highest BCUT2D eigenvalue weighted by molar-refractivity contribution is 5.78. The molecule has 0 fully saturated rings. The zero-order valence-electron chi connectivity index (χ0n) is 12.8. The number of nitrogens with zero attached hydrogens (tertiary/aromatic N) is 1. The van der Waals surface area contributed by atoms with E-state index in [1.165, 1.54) is 6.21 Å². The Bertz CT molecular complexity index is 460. The van der Waals surface area contributed by atoms with Gasteiger partial charge in [-0.05, 0) is 52.2 Å². The smallest absolute Gasteiger partial charge is 0.349 e. The topological polar surface area (TPSA) is 68.1 Å². The molecule has 0 radical (unpaired) electrons. The van der Waals surface area contributed by atoms with Crippen LogP contribution in [0.5, 0.6) is 0 Å². The van der Waals surface area contributed by atoms with Crippen molar-refractivity contribution in [3.63, 3.8) is 0 Å². The van der Waals surface area contributed by atoms with Gasteiger partial charge in [0.05, 0.1) is 12.8 Å². The molecule has 0 aliphatic heterocycles. The lowest BCUT2D eigenvalue weighted by molar-refractivity contribution is -0.163. The first-order valence-electron chi connectivity index (χ1n) is 6.74. The van der Waals surface area contributed by atoms with Gasteiger partial charge in [0, 0.05) is 5.92 Å². The summed E-state index contributed by atoms with van der Waals surface area (Å²) in [6.07, 6.45) is 4.15. The average Bonchev–Trinajstić information content (AvgIpc) is 2.34. The van der Waals surface area contributed by atoms with Crippen LogP contribution in [0.15, 0.2) is 28.1 Å². The van der Waals surface area contributed by atoms with Gasteiger partial charge in [-0.3, -0.25) is 0 Å². The Kier molecular flexibility index (Phi) is 5.36. The van der Waals surface area contributed by atoms with Gasteiger partial charge in [0.15, 0.2) is 5.60 Å². The zero-order valence-corrected chi connectivity index (χ0v) is 12.8. The third kappa shape index (κ3) is 3.85. The van der Waals surface area contributed by atoms with Gasteiger partial charge in [-0.15, -0.1) is 5.16 Å². The maximum absolute atomic E-state index is 11.9. The van der Waals surface area contributed by atoms with E-state index >= 15 is 0 Å². The molecule has 1 N–H and O–H groups in total. The Morgan fingerprint density at radius 3 is 2.70 bits per heavy atom. The molecular formula is C15H23NO4. The maximum atomic E-state index is 11.9. The maximum Gasteiger partial charge on any atom is 0.349 e. The summed E-state index contributed by atoms with van der Waals surface area (Å²) in [5, 5.41) is 11.7. The number of allylic oxidation sites excluding steroid dienone is 3. The molecule has 5 heteroatoms. The number of ether oxygens (including phenoxy) is 2. The Balaban J connectivity index is 2.90. The highest BCUT2D eigenvalue weighted by Gasteiger charge is 2.34. The second kappa shape index (κ2) is 6.59. The molecule has 0 aromatic heterocycles. The van der Waals surface area contributed by atoms with Gasteiger partial charge in [-0.1, -0.05) is 6.08 Å². The summed E-state index contributed by atoms with van der Waals surface area (Å²) in [5.74, 6) is 0.385. The molecular weight excluding hydrogens is 258 g/mol. The molecule has 1 rings (SSSR count). The predicted molar refractivity (Wildman–Crippen MR) is 76.6 cm³/mol. The molecule has 0 heterocycles. The van der Waals surface area contributed by atoms with Crippen LogP contribution in [-0.4, -0.2) is 29.6 Å². The minimum absolute atomic E-state index is 0.0538. The third-order valence-electron chi connectivity index (χ3n) is 3.13. The lowest BCUT2D eigenvalue weighted by Crippen LogP contribution is -2.37. The van der Waals surface area contributed by atoms with E-state index in [0.717, 1.165) is 11.1 Å². The fourth-order valence-electron chi connectivity index (χ4n) is 2.19. The lowest BCUT2D eigenvalue weighted by atomic mass is 9.90. The molecule has 1 unspecified atom stereocenters. The number of esters is 1. The summed E-state index contributed by atoms with van der Waals surface area (Å²) < 4.78 is 10.9. The van der Waals surface area contributed by atoms with Crippen LogP contribution < -0.4 is 0 Å². The molecule has 0 amide bonds. The number of hydrogen-bond acceptors (Lipinski definition) is 5. The van der Waals surface area contributed by atoms with Crippen LogP contribution in [0, 0.1) is 5.92 Å². The minimum Gasteiger partial charge on any atom is -0.476 e. The highest BCUT2D eigenvalue weighted by atomic mass is 16.6. The summed E-state index contributed by atoms with van der Waals surface area (Å²) in [6.45, 7) is 9.35. The average molecular weight is 281 g/mol. The Labute approximate surface area is 119 Å². The van der Waals surface area contributed by atoms with Crippen molar-refractivity contribution in [2.24, 2.45) is 11.1 Å². The van der Waals surface area contributed by atoms with Crippen molar-refractivity contribution in [3.8, 4) is 0 Å². The van der Waals surface area contributed by atoms with Gasteiger partial charge in [-0.2, -0.15) is 0 Å². The van der Waals surface area contributed by atoms with E-state index in [9.17, 15) is 4.79 Å². The fraction of sp³-hybridized carbons (Fsp3) is 0.600. The molecule has 5 nitrogen and oxygen atoms in total. The lowest BCUT2D eigenvalue weighted by Gasteiger charge is -2.30. The van der Waals surface area contributed by atoms with Gasteiger partial charge in [0.25, 0.3) is 0 Å². The third-order valence-corrected chi connectivity index (χ3v) is 3.13. The number of oxime groups is 1. The van der Waals surface area contributed by atoms with E-state index in [4.69, 9.17) is 14.7 Å². The second-order valence-corrected chi connectivity index (χ2v) is 5.42. The van der Waals surface area contributed by atoms with E-state index in [-0.39, 0.29) is 11.9 Å². The molecule has 1 aliphatic carbocycles. The first-order valence-corrected chi connectivity index (χ1v) is 6.74. The quantitative estimate of drug-likeness (QED) is 0.364. The monoisotopic (exact) mass is 281 g/mol. The number of rotatable bonds is 5. The molecule has 20 heavy (non-hydrogen) atoms. The van der Waals surface area contributed by atoms with E-state index in [0.29, 0.717) is 18.8 Å². The Hall–Kier alpha value is -1.78. The Morgan fingerprint density at radius 1 is 1.55 bits per heavy atom. The van der Waals surface area contributed by atoms with Crippen molar-refractivity contribution in [1.29, 1.82) is 0 Å².